The van der Waals surface area contributed by atoms with Crippen LogP contribution in [0, 0.1) is 6.92 Å². The molecule has 8 heteroatoms. The van der Waals surface area contributed by atoms with Crippen molar-refractivity contribution in [2.24, 2.45) is 0 Å². The maximum absolute atomic E-state index is 12.9. The third-order valence-corrected chi connectivity index (χ3v) is 4.33. The van der Waals surface area contributed by atoms with Crippen LogP contribution >= 0.6 is 0 Å². The Kier molecular flexibility index (Phi) is 6.25. The van der Waals surface area contributed by atoms with Crippen LogP contribution in [0.4, 0.5) is 18.9 Å². The first-order valence-electron chi connectivity index (χ1n) is 9.09. The molecule has 156 valence electrons. The fourth-order valence-electron chi connectivity index (χ4n) is 2.81. The van der Waals surface area contributed by atoms with Gasteiger partial charge in [-0.2, -0.15) is 13.2 Å². The fraction of sp³-hybridized carbons (Fsp3) is 0.182. The van der Waals surface area contributed by atoms with E-state index in [9.17, 15) is 22.8 Å². The van der Waals surface area contributed by atoms with E-state index >= 15 is 0 Å². The molecule has 0 aliphatic carbocycles. The van der Waals surface area contributed by atoms with Crippen LogP contribution in [0.1, 0.15) is 15.9 Å². The van der Waals surface area contributed by atoms with E-state index in [0.717, 1.165) is 16.3 Å². The van der Waals surface area contributed by atoms with Crippen LogP contribution in [-0.4, -0.2) is 31.1 Å². The summed E-state index contributed by atoms with van der Waals surface area (Å²) in [6.07, 6.45) is -4.52. The SMILES string of the molecule is Cc1ccccc1NC(=O)c1cc2ccccc2cc1OCC(=O)NCC(F)(F)F. The Labute approximate surface area is 170 Å². The van der Waals surface area contributed by atoms with Crippen molar-refractivity contribution in [3.63, 3.8) is 0 Å². The number of benzene rings is 3. The molecule has 30 heavy (non-hydrogen) atoms. The second kappa shape index (κ2) is 8.86. The van der Waals surface area contributed by atoms with E-state index in [0.29, 0.717) is 5.69 Å². The molecule has 3 aromatic carbocycles. The maximum atomic E-state index is 12.9. The first-order chi connectivity index (χ1) is 14.2. The lowest BCUT2D eigenvalue weighted by Crippen LogP contribution is -2.36. The molecule has 0 atom stereocenters. The molecule has 2 N–H and O–H groups in total. The smallest absolute Gasteiger partial charge is 0.405 e. The lowest BCUT2D eigenvalue weighted by molar-refractivity contribution is -0.139. The minimum Gasteiger partial charge on any atom is -0.483 e. The van der Waals surface area contributed by atoms with Gasteiger partial charge in [0.15, 0.2) is 6.61 Å². The number of nitrogens with one attached hydrogen (secondary N) is 2. The number of ether oxygens (including phenoxy) is 1. The van der Waals surface area contributed by atoms with Gasteiger partial charge in [0, 0.05) is 5.69 Å². The molecule has 5 nitrogen and oxygen atoms in total. The Morgan fingerprint density at radius 1 is 0.967 bits per heavy atom. The minimum atomic E-state index is -4.52. The second-order valence-electron chi connectivity index (χ2n) is 6.65. The highest BCUT2D eigenvalue weighted by Gasteiger charge is 2.27. The van der Waals surface area contributed by atoms with Gasteiger partial charge in [-0.25, -0.2) is 0 Å². The molecule has 0 aliphatic heterocycles. The number of hydrogen-bond acceptors (Lipinski definition) is 3. The minimum absolute atomic E-state index is 0.0990. The fourth-order valence-corrected chi connectivity index (χ4v) is 2.81. The molecule has 3 rings (SSSR count). The number of hydrogen-bond donors (Lipinski definition) is 2. The number of carbonyl (C=O) groups excluding carboxylic acids is 2. The average Bonchev–Trinajstić information content (AvgIpc) is 2.71. The third-order valence-electron chi connectivity index (χ3n) is 4.33. The first kappa shape index (κ1) is 21.2. The van der Waals surface area contributed by atoms with Crippen molar-refractivity contribution in [2.75, 3.05) is 18.5 Å². The van der Waals surface area contributed by atoms with Crippen molar-refractivity contribution in [3.05, 3.63) is 71.8 Å². The van der Waals surface area contributed by atoms with E-state index < -0.39 is 31.1 Å². The Balaban J connectivity index is 1.84. The van der Waals surface area contributed by atoms with E-state index in [-0.39, 0.29) is 11.3 Å². The molecular weight excluding hydrogens is 397 g/mol. The molecule has 0 heterocycles. The molecule has 2 amide bonds. The Morgan fingerprint density at radius 3 is 2.27 bits per heavy atom. The van der Waals surface area contributed by atoms with Gasteiger partial charge in [-0.15, -0.1) is 0 Å². The van der Waals surface area contributed by atoms with Crippen LogP contribution in [0.5, 0.6) is 5.75 Å². The summed E-state index contributed by atoms with van der Waals surface area (Å²) < 4.78 is 42.2. The zero-order chi connectivity index (χ0) is 21.7. The van der Waals surface area contributed by atoms with Crippen molar-refractivity contribution < 1.29 is 27.5 Å². The maximum Gasteiger partial charge on any atom is 0.405 e. The van der Waals surface area contributed by atoms with Crippen LogP contribution in [0.3, 0.4) is 0 Å². The van der Waals surface area contributed by atoms with Gasteiger partial charge >= 0.3 is 6.18 Å². The van der Waals surface area contributed by atoms with Gasteiger partial charge in [0.1, 0.15) is 12.3 Å². The Hall–Kier alpha value is -3.55. The van der Waals surface area contributed by atoms with E-state index in [4.69, 9.17) is 4.74 Å². The highest BCUT2D eigenvalue weighted by Crippen LogP contribution is 2.27. The van der Waals surface area contributed by atoms with E-state index in [1.807, 2.05) is 31.2 Å². The van der Waals surface area contributed by atoms with Crippen molar-refractivity contribution in [1.82, 2.24) is 5.32 Å². The van der Waals surface area contributed by atoms with Crippen LogP contribution < -0.4 is 15.4 Å². The highest BCUT2D eigenvalue weighted by atomic mass is 19.4. The molecule has 0 radical (unpaired) electrons. The van der Waals surface area contributed by atoms with Gasteiger partial charge in [0.2, 0.25) is 0 Å². The van der Waals surface area contributed by atoms with Crippen molar-refractivity contribution >= 4 is 28.3 Å². The van der Waals surface area contributed by atoms with Gasteiger partial charge in [-0.05, 0) is 41.5 Å². The third kappa shape index (κ3) is 5.50. The number of para-hydroxylation sites is 1. The quantitative estimate of drug-likeness (QED) is 0.624. The molecule has 0 aromatic heterocycles. The largest absolute Gasteiger partial charge is 0.483 e. The molecule has 0 saturated heterocycles. The number of anilines is 1. The number of fused-ring (bicyclic) bond motifs is 1. The van der Waals surface area contributed by atoms with Crippen LogP contribution in [0.25, 0.3) is 10.8 Å². The summed E-state index contributed by atoms with van der Waals surface area (Å²) in [5, 5.41) is 6.07. The number of rotatable bonds is 6. The number of halogens is 3. The molecule has 0 aliphatic rings. The van der Waals surface area contributed by atoms with Gasteiger partial charge in [0.25, 0.3) is 11.8 Å². The Morgan fingerprint density at radius 2 is 1.60 bits per heavy atom. The second-order valence-corrected chi connectivity index (χ2v) is 6.65. The zero-order valence-corrected chi connectivity index (χ0v) is 16.0. The van der Waals surface area contributed by atoms with Crippen molar-refractivity contribution in [2.45, 2.75) is 13.1 Å². The van der Waals surface area contributed by atoms with Gasteiger partial charge < -0.3 is 15.4 Å². The van der Waals surface area contributed by atoms with Crippen LogP contribution in [0.15, 0.2) is 60.7 Å². The number of amides is 2. The summed E-state index contributed by atoms with van der Waals surface area (Å²) in [6.45, 7) is -0.259. The van der Waals surface area contributed by atoms with E-state index in [1.54, 1.807) is 41.7 Å². The first-order valence-corrected chi connectivity index (χ1v) is 9.09. The Bertz CT molecular complexity index is 1080. The predicted octanol–water partition coefficient (Wildman–Crippen LogP) is 4.46. The summed E-state index contributed by atoms with van der Waals surface area (Å²) in [5.41, 5.74) is 1.64. The molecule has 0 spiro atoms. The molecule has 0 bridgehead atoms. The van der Waals surface area contributed by atoms with E-state index in [1.165, 1.54) is 0 Å². The topological polar surface area (TPSA) is 67.4 Å². The van der Waals surface area contributed by atoms with Crippen molar-refractivity contribution in [1.29, 1.82) is 0 Å². The number of alkyl halides is 3. The molecule has 0 saturated carbocycles. The normalized spacial score (nSPS) is 11.2. The van der Waals surface area contributed by atoms with Gasteiger partial charge in [-0.1, -0.05) is 42.5 Å². The summed E-state index contributed by atoms with van der Waals surface area (Å²) in [6, 6.07) is 17.7. The summed E-state index contributed by atoms with van der Waals surface area (Å²) in [7, 11) is 0. The molecule has 3 aromatic rings. The van der Waals surface area contributed by atoms with Gasteiger partial charge in [0.05, 0.1) is 5.56 Å². The lowest BCUT2D eigenvalue weighted by Gasteiger charge is -2.14. The molecular formula is C22H19F3N2O3. The number of aryl methyl sites for hydroxylation is 1. The number of carbonyl (C=O) groups is 2. The monoisotopic (exact) mass is 416 g/mol. The standard InChI is InChI=1S/C22H19F3N2O3/c1-14-6-2-5-9-18(14)27-21(29)17-10-15-7-3-4-8-16(15)11-19(17)30-12-20(28)26-13-22(23,24)25/h2-11H,12-13H2,1H3,(H,26,28)(H,27,29). The highest BCUT2D eigenvalue weighted by molar-refractivity contribution is 6.09. The average molecular weight is 416 g/mol. The zero-order valence-electron chi connectivity index (χ0n) is 16.0. The van der Waals surface area contributed by atoms with Gasteiger partial charge in [-0.3, -0.25) is 9.59 Å². The summed E-state index contributed by atoms with van der Waals surface area (Å²) in [5.74, 6) is -1.30. The van der Waals surface area contributed by atoms with Crippen LogP contribution in [-0.2, 0) is 4.79 Å². The van der Waals surface area contributed by atoms with Crippen LogP contribution in [0.2, 0.25) is 0 Å². The summed E-state index contributed by atoms with van der Waals surface area (Å²) in [4.78, 5) is 24.6. The molecule has 0 unspecified atom stereocenters. The lowest BCUT2D eigenvalue weighted by atomic mass is 10.0. The molecule has 0 fully saturated rings. The van der Waals surface area contributed by atoms with Crippen molar-refractivity contribution in [3.8, 4) is 5.75 Å². The summed E-state index contributed by atoms with van der Waals surface area (Å²) >= 11 is 0. The van der Waals surface area contributed by atoms with E-state index in [2.05, 4.69) is 5.32 Å². The predicted molar refractivity (Wildman–Crippen MR) is 108 cm³/mol.